The Bertz CT molecular complexity index is 464. The third-order valence-corrected chi connectivity index (χ3v) is 3.77. The van der Waals surface area contributed by atoms with Gasteiger partial charge in [0.2, 0.25) is 11.8 Å². The maximum Gasteiger partial charge on any atom is 0.306 e. The Morgan fingerprint density at radius 2 is 2.15 bits per heavy atom. The van der Waals surface area contributed by atoms with Gasteiger partial charge in [-0.2, -0.15) is 0 Å². The highest BCUT2D eigenvalue weighted by Crippen LogP contribution is 2.31. The quantitative estimate of drug-likeness (QED) is 0.857. The summed E-state index contributed by atoms with van der Waals surface area (Å²) >= 11 is 0. The van der Waals surface area contributed by atoms with E-state index in [1.165, 1.54) is 0 Å². The summed E-state index contributed by atoms with van der Waals surface area (Å²) in [5.41, 5.74) is -0.148. The molecule has 2 N–H and O–H groups in total. The van der Waals surface area contributed by atoms with Crippen LogP contribution in [0.1, 0.15) is 51.8 Å². The van der Waals surface area contributed by atoms with Crippen LogP contribution in [-0.4, -0.2) is 27.8 Å². The number of carboxylic acids is 1. The van der Waals surface area contributed by atoms with Crippen molar-refractivity contribution >= 4 is 5.97 Å². The summed E-state index contributed by atoms with van der Waals surface area (Å²) in [7, 11) is 0. The minimum Gasteiger partial charge on any atom is -0.481 e. The fourth-order valence-corrected chi connectivity index (χ4v) is 2.60. The third-order valence-electron chi connectivity index (χ3n) is 3.77. The maximum absolute atomic E-state index is 11.1. The highest BCUT2D eigenvalue weighted by atomic mass is 16.4. The molecule has 0 spiro atoms. The van der Waals surface area contributed by atoms with E-state index in [9.17, 15) is 4.79 Å². The molecule has 0 aromatic carbocycles. The summed E-state index contributed by atoms with van der Waals surface area (Å²) < 4.78 is 5.59. The van der Waals surface area contributed by atoms with Gasteiger partial charge in [0, 0.05) is 5.41 Å². The van der Waals surface area contributed by atoms with Crippen LogP contribution >= 0.6 is 0 Å². The fourth-order valence-electron chi connectivity index (χ4n) is 2.60. The lowest BCUT2D eigenvalue weighted by molar-refractivity contribution is -0.142. The van der Waals surface area contributed by atoms with Crippen LogP contribution in [0.25, 0.3) is 0 Å². The largest absolute Gasteiger partial charge is 0.481 e. The van der Waals surface area contributed by atoms with Crippen LogP contribution in [-0.2, 0) is 16.8 Å². The standard InChI is InChI=1S/C14H23N3O3/c1-14(2,3)13-17-16-11(20-13)8-15-7-9-5-4-6-10(9)12(18)19/h9-10,15H,4-8H2,1-3H3,(H,18,19). The van der Waals surface area contributed by atoms with E-state index >= 15 is 0 Å². The number of hydrogen-bond donors (Lipinski definition) is 2. The van der Waals surface area contributed by atoms with E-state index in [4.69, 9.17) is 9.52 Å². The normalized spacial score (nSPS) is 23.1. The molecule has 20 heavy (non-hydrogen) atoms. The number of hydrogen-bond acceptors (Lipinski definition) is 5. The van der Waals surface area contributed by atoms with Gasteiger partial charge in [-0.15, -0.1) is 10.2 Å². The summed E-state index contributed by atoms with van der Waals surface area (Å²) in [5, 5.41) is 20.4. The molecule has 1 heterocycles. The number of carbonyl (C=O) groups is 1. The Morgan fingerprint density at radius 1 is 1.40 bits per heavy atom. The van der Waals surface area contributed by atoms with Crippen LogP contribution < -0.4 is 5.32 Å². The molecule has 0 aliphatic heterocycles. The van der Waals surface area contributed by atoms with Crippen molar-refractivity contribution in [1.82, 2.24) is 15.5 Å². The van der Waals surface area contributed by atoms with Crippen LogP contribution in [0.4, 0.5) is 0 Å². The second kappa shape index (κ2) is 5.91. The minimum absolute atomic E-state index is 0.148. The van der Waals surface area contributed by atoms with E-state index in [0.29, 0.717) is 24.9 Å². The smallest absolute Gasteiger partial charge is 0.306 e. The molecule has 0 radical (unpaired) electrons. The number of nitrogens with one attached hydrogen (secondary N) is 1. The molecule has 1 aromatic heterocycles. The van der Waals surface area contributed by atoms with E-state index in [2.05, 4.69) is 15.5 Å². The average Bonchev–Trinajstić information content (AvgIpc) is 2.96. The first-order valence-electron chi connectivity index (χ1n) is 7.14. The molecule has 2 rings (SSSR count). The molecule has 1 aliphatic carbocycles. The van der Waals surface area contributed by atoms with Gasteiger partial charge in [0.15, 0.2) is 0 Å². The zero-order chi connectivity index (χ0) is 14.8. The molecule has 0 amide bonds. The Morgan fingerprint density at radius 3 is 2.75 bits per heavy atom. The van der Waals surface area contributed by atoms with Crippen molar-refractivity contribution in [3.05, 3.63) is 11.8 Å². The molecule has 6 heteroatoms. The van der Waals surface area contributed by atoms with Crippen LogP contribution in [0.3, 0.4) is 0 Å². The molecule has 6 nitrogen and oxygen atoms in total. The Labute approximate surface area is 119 Å². The van der Waals surface area contributed by atoms with Crippen LogP contribution in [0, 0.1) is 11.8 Å². The zero-order valence-corrected chi connectivity index (χ0v) is 12.3. The molecule has 2 atom stereocenters. The molecule has 1 aromatic rings. The first-order valence-corrected chi connectivity index (χ1v) is 7.14. The summed E-state index contributed by atoms with van der Waals surface area (Å²) in [4.78, 5) is 11.1. The second-order valence-electron chi connectivity index (χ2n) is 6.52. The van der Waals surface area contributed by atoms with Crippen molar-refractivity contribution in [2.75, 3.05) is 6.54 Å². The van der Waals surface area contributed by atoms with E-state index in [-0.39, 0.29) is 17.3 Å². The van der Waals surface area contributed by atoms with Gasteiger partial charge in [-0.25, -0.2) is 0 Å². The van der Waals surface area contributed by atoms with E-state index < -0.39 is 5.97 Å². The van der Waals surface area contributed by atoms with Gasteiger partial charge in [-0.05, 0) is 25.3 Å². The van der Waals surface area contributed by atoms with Gasteiger partial charge in [0.05, 0.1) is 12.5 Å². The van der Waals surface area contributed by atoms with Crippen LogP contribution in [0.5, 0.6) is 0 Å². The summed E-state index contributed by atoms with van der Waals surface area (Å²) in [6, 6.07) is 0. The SMILES string of the molecule is CC(C)(C)c1nnc(CNCC2CCCC2C(=O)O)o1. The number of aromatic nitrogens is 2. The highest BCUT2D eigenvalue weighted by molar-refractivity contribution is 5.70. The van der Waals surface area contributed by atoms with E-state index in [1.54, 1.807) is 0 Å². The lowest BCUT2D eigenvalue weighted by Crippen LogP contribution is -2.28. The first-order chi connectivity index (χ1) is 9.38. The van der Waals surface area contributed by atoms with Crippen molar-refractivity contribution in [2.45, 2.75) is 52.0 Å². The highest BCUT2D eigenvalue weighted by Gasteiger charge is 2.32. The molecular formula is C14H23N3O3. The summed E-state index contributed by atoms with van der Waals surface area (Å²) in [6.45, 7) is 7.24. The van der Waals surface area contributed by atoms with Gasteiger partial charge in [-0.3, -0.25) is 4.79 Å². The molecule has 112 valence electrons. The Hall–Kier alpha value is -1.43. The fraction of sp³-hybridized carbons (Fsp3) is 0.786. The van der Waals surface area contributed by atoms with Gasteiger partial charge in [0.1, 0.15) is 0 Å². The predicted molar refractivity (Wildman–Crippen MR) is 73.2 cm³/mol. The lowest BCUT2D eigenvalue weighted by Gasteiger charge is -2.15. The topological polar surface area (TPSA) is 88.2 Å². The van der Waals surface area contributed by atoms with Crippen LogP contribution in [0.2, 0.25) is 0 Å². The zero-order valence-electron chi connectivity index (χ0n) is 12.3. The van der Waals surface area contributed by atoms with Crippen molar-refractivity contribution in [3.8, 4) is 0 Å². The molecule has 0 bridgehead atoms. The Balaban J connectivity index is 1.81. The monoisotopic (exact) mass is 281 g/mol. The number of carboxylic acid groups (broad SMARTS) is 1. The molecule has 1 fully saturated rings. The van der Waals surface area contributed by atoms with Gasteiger partial charge in [-0.1, -0.05) is 27.2 Å². The number of aliphatic carboxylic acids is 1. The Kier molecular flexibility index (Phi) is 4.42. The summed E-state index contributed by atoms with van der Waals surface area (Å²) in [6.07, 6.45) is 2.76. The van der Waals surface area contributed by atoms with Gasteiger partial charge < -0.3 is 14.8 Å². The maximum atomic E-state index is 11.1. The van der Waals surface area contributed by atoms with Crippen LogP contribution in [0.15, 0.2) is 4.42 Å². The lowest BCUT2D eigenvalue weighted by atomic mass is 9.96. The molecule has 1 aliphatic rings. The van der Waals surface area contributed by atoms with Crippen molar-refractivity contribution in [2.24, 2.45) is 11.8 Å². The molecule has 2 unspecified atom stereocenters. The predicted octanol–water partition coefficient (Wildman–Crippen LogP) is 1.96. The average molecular weight is 281 g/mol. The second-order valence-corrected chi connectivity index (χ2v) is 6.52. The van der Waals surface area contributed by atoms with Crippen molar-refractivity contribution < 1.29 is 14.3 Å². The number of nitrogens with zero attached hydrogens (tertiary/aromatic N) is 2. The minimum atomic E-state index is -0.679. The number of rotatable bonds is 5. The molecular weight excluding hydrogens is 258 g/mol. The van der Waals surface area contributed by atoms with E-state index in [1.807, 2.05) is 20.8 Å². The first kappa shape index (κ1) is 15.0. The van der Waals surface area contributed by atoms with E-state index in [0.717, 1.165) is 19.3 Å². The molecule has 0 saturated heterocycles. The van der Waals surface area contributed by atoms with Gasteiger partial charge >= 0.3 is 5.97 Å². The van der Waals surface area contributed by atoms with Crippen molar-refractivity contribution in [3.63, 3.8) is 0 Å². The third kappa shape index (κ3) is 3.56. The van der Waals surface area contributed by atoms with Gasteiger partial charge in [0.25, 0.3) is 0 Å². The van der Waals surface area contributed by atoms with Crippen molar-refractivity contribution in [1.29, 1.82) is 0 Å². The molecule has 1 saturated carbocycles. The summed E-state index contributed by atoms with van der Waals surface area (Å²) in [5.74, 6) is 0.494.